The Morgan fingerprint density at radius 1 is 1.25 bits per heavy atom. The van der Waals surface area contributed by atoms with Gasteiger partial charge in [0.1, 0.15) is 0 Å². The van der Waals surface area contributed by atoms with E-state index in [-0.39, 0.29) is 17.7 Å². The molecule has 1 amide bonds. The fourth-order valence-corrected chi connectivity index (χ4v) is 5.17. The molecule has 3 unspecified atom stereocenters. The van der Waals surface area contributed by atoms with Gasteiger partial charge in [-0.05, 0) is 61.3 Å². The number of rotatable bonds is 1. The van der Waals surface area contributed by atoms with Crippen molar-refractivity contribution in [3.05, 3.63) is 11.8 Å². The number of aliphatic hydroxyl groups excluding tert-OH is 1. The molecule has 4 saturated carbocycles. The van der Waals surface area contributed by atoms with Crippen molar-refractivity contribution in [3.8, 4) is 0 Å². The first-order chi connectivity index (χ1) is 7.67. The van der Waals surface area contributed by atoms with E-state index < -0.39 is 0 Å². The summed E-state index contributed by atoms with van der Waals surface area (Å²) in [5.41, 5.74) is 0.299. The Bertz CT molecular complexity index is 387. The van der Waals surface area contributed by atoms with Crippen molar-refractivity contribution in [3.63, 3.8) is 0 Å². The molecule has 4 fully saturated rings. The maximum atomic E-state index is 11.4. The summed E-state index contributed by atoms with van der Waals surface area (Å²) in [6.45, 7) is 0. The number of nitrogens with one attached hydrogen (secondary N) is 1. The van der Waals surface area contributed by atoms with Crippen LogP contribution in [0.4, 0.5) is 0 Å². The molecule has 3 nitrogen and oxygen atoms in total. The molecule has 0 aromatic heterocycles. The third-order valence-electron chi connectivity index (χ3n) is 5.52. The van der Waals surface area contributed by atoms with Crippen LogP contribution in [0.2, 0.25) is 0 Å². The molecule has 0 radical (unpaired) electrons. The molecular weight excluding hydrogens is 202 g/mol. The first-order valence-electron chi connectivity index (χ1n) is 6.39. The van der Waals surface area contributed by atoms with Crippen LogP contribution in [0.1, 0.15) is 32.1 Å². The van der Waals surface area contributed by atoms with Gasteiger partial charge in [-0.3, -0.25) is 4.79 Å². The number of hydrogen-bond donors (Lipinski definition) is 2. The highest BCUT2D eigenvalue weighted by molar-refractivity contribution is 5.94. The zero-order valence-electron chi connectivity index (χ0n) is 9.28. The minimum Gasteiger partial charge on any atom is -0.503 e. The number of carbonyl (C=O) groups is 1. The van der Waals surface area contributed by atoms with E-state index in [2.05, 4.69) is 5.32 Å². The van der Waals surface area contributed by atoms with Gasteiger partial charge in [0.05, 0.1) is 6.04 Å². The highest BCUT2D eigenvalue weighted by Crippen LogP contribution is 2.67. The van der Waals surface area contributed by atoms with Crippen LogP contribution in [0.25, 0.3) is 0 Å². The van der Waals surface area contributed by atoms with Gasteiger partial charge >= 0.3 is 0 Å². The Balaban J connectivity index is 1.71. The fourth-order valence-electron chi connectivity index (χ4n) is 5.17. The lowest BCUT2D eigenvalue weighted by Gasteiger charge is -2.37. The molecule has 2 N–H and O–H groups in total. The van der Waals surface area contributed by atoms with Crippen LogP contribution in [0.5, 0.6) is 0 Å². The second-order valence-electron chi connectivity index (χ2n) is 6.28. The SMILES string of the molecule is O=C1NC(C23CC4CC(CC2C4)C3)C=C1O. The van der Waals surface area contributed by atoms with Crippen LogP contribution in [-0.2, 0) is 4.79 Å². The van der Waals surface area contributed by atoms with Gasteiger partial charge in [-0.2, -0.15) is 0 Å². The van der Waals surface area contributed by atoms with Gasteiger partial charge in [0.25, 0.3) is 5.91 Å². The van der Waals surface area contributed by atoms with Crippen molar-refractivity contribution in [2.75, 3.05) is 0 Å². The van der Waals surface area contributed by atoms with E-state index in [9.17, 15) is 9.90 Å². The van der Waals surface area contributed by atoms with Crippen LogP contribution < -0.4 is 5.32 Å². The Labute approximate surface area is 94.9 Å². The smallest absolute Gasteiger partial charge is 0.286 e. The lowest BCUT2D eigenvalue weighted by molar-refractivity contribution is -0.120. The first kappa shape index (κ1) is 9.08. The molecule has 0 aromatic rings. The van der Waals surface area contributed by atoms with Crippen molar-refractivity contribution in [2.45, 2.75) is 38.1 Å². The second kappa shape index (κ2) is 2.63. The maximum Gasteiger partial charge on any atom is 0.286 e. The van der Waals surface area contributed by atoms with Crippen molar-refractivity contribution >= 4 is 5.91 Å². The summed E-state index contributed by atoms with van der Waals surface area (Å²) < 4.78 is 0. The molecule has 1 heterocycles. The van der Waals surface area contributed by atoms with Crippen LogP contribution in [0.3, 0.4) is 0 Å². The van der Waals surface area contributed by atoms with Crippen molar-refractivity contribution < 1.29 is 9.90 Å². The van der Waals surface area contributed by atoms with Gasteiger partial charge in [-0.1, -0.05) is 0 Å². The minimum absolute atomic E-state index is 0.0643. The standard InChI is InChI=1S/C13H17NO2/c15-10-4-11(14-12(10)16)13-5-7-1-8(6-13)3-9(13)2-7/h4,7-9,11,15H,1-3,5-6H2,(H,14,16). The van der Waals surface area contributed by atoms with E-state index >= 15 is 0 Å². The van der Waals surface area contributed by atoms with E-state index in [0.29, 0.717) is 5.41 Å². The highest BCUT2D eigenvalue weighted by atomic mass is 16.3. The molecule has 0 spiro atoms. The Morgan fingerprint density at radius 3 is 2.50 bits per heavy atom. The summed E-state index contributed by atoms with van der Waals surface area (Å²) in [5.74, 6) is 2.25. The second-order valence-corrected chi connectivity index (χ2v) is 6.28. The Hall–Kier alpha value is -0.990. The summed E-state index contributed by atoms with van der Waals surface area (Å²) in [6, 6.07) is 0.111. The maximum absolute atomic E-state index is 11.4. The summed E-state index contributed by atoms with van der Waals surface area (Å²) >= 11 is 0. The molecule has 5 aliphatic rings. The zero-order chi connectivity index (χ0) is 10.9. The summed E-state index contributed by atoms with van der Waals surface area (Å²) in [5, 5.41) is 12.4. The number of amides is 1. The molecule has 0 saturated heterocycles. The van der Waals surface area contributed by atoms with Gasteiger partial charge in [0.15, 0.2) is 5.76 Å². The molecule has 3 atom stereocenters. The van der Waals surface area contributed by atoms with E-state index in [1.165, 1.54) is 32.1 Å². The lowest BCUT2D eigenvalue weighted by atomic mass is 9.71. The van der Waals surface area contributed by atoms with Gasteiger partial charge in [-0.15, -0.1) is 0 Å². The molecule has 16 heavy (non-hydrogen) atoms. The van der Waals surface area contributed by atoms with Crippen molar-refractivity contribution in [1.82, 2.24) is 5.32 Å². The summed E-state index contributed by atoms with van der Waals surface area (Å²) in [6.07, 6.45) is 8.43. The minimum atomic E-state index is -0.273. The van der Waals surface area contributed by atoms with E-state index in [1.54, 1.807) is 6.08 Å². The topological polar surface area (TPSA) is 49.3 Å². The van der Waals surface area contributed by atoms with E-state index in [1.807, 2.05) is 0 Å². The molecule has 0 aromatic carbocycles. The Kier molecular flexibility index (Phi) is 1.49. The molecule has 1 aliphatic heterocycles. The van der Waals surface area contributed by atoms with Gasteiger partial charge in [0, 0.05) is 0 Å². The average Bonchev–Trinajstić information content (AvgIpc) is 2.77. The predicted molar refractivity (Wildman–Crippen MR) is 58.6 cm³/mol. The normalized spacial score (nSPS) is 53.2. The predicted octanol–water partition coefficient (Wildman–Crippen LogP) is 1.75. The van der Waals surface area contributed by atoms with Crippen LogP contribution in [-0.4, -0.2) is 17.1 Å². The number of carbonyl (C=O) groups excluding carboxylic acids is 1. The first-order valence-corrected chi connectivity index (χ1v) is 6.39. The number of aliphatic hydroxyl groups is 1. The Morgan fingerprint density at radius 2 is 1.94 bits per heavy atom. The van der Waals surface area contributed by atoms with Gasteiger partial charge < -0.3 is 10.4 Å². The summed E-state index contributed by atoms with van der Waals surface area (Å²) in [7, 11) is 0. The molecular formula is C13H17NO2. The van der Waals surface area contributed by atoms with Crippen LogP contribution in [0, 0.1) is 23.2 Å². The van der Waals surface area contributed by atoms with E-state index in [0.717, 1.165) is 17.8 Å². The van der Waals surface area contributed by atoms with Crippen molar-refractivity contribution in [2.24, 2.45) is 23.2 Å². The lowest BCUT2D eigenvalue weighted by Crippen LogP contribution is -2.44. The van der Waals surface area contributed by atoms with Crippen LogP contribution in [0.15, 0.2) is 11.8 Å². The van der Waals surface area contributed by atoms with E-state index in [4.69, 9.17) is 0 Å². The van der Waals surface area contributed by atoms with Gasteiger partial charge in [0.2, 0.25) is 0 Å². The third kappa shape index (κ3) is 0.926. The van der Waals surface area contributed by atoms with Crippen LogP contribution >= 0.6 is 0 Å². The van der Waals surface area contributed by atoms with Crippen molar-refractivity contribution in [1.29, 1.82) is 0 Å². The average molecular weight is 219 g/mol. The third-order valence-corrected chi connectivity index (χ3v) is 5.52. The largest absolute Gasteiger partial charge is 0.503 e. The zero-order valence-corrected chi connectivity index (χ0v) is 9.28. The summed E-state index contributed by atoms with van der Waals surface area (Å²) in [4.78, 5) is 11.4. The monoisotopic (exact) mass is 219 g/mol. The van der Waals surface area contributed by atoms with Gasteiger partial charge in [-0.25, -0.2) is 0 Å². The quantitative estimate of drug-likeness (QED) is 0.706. The fraction of sp³-hybridized carbons (Fsp3) is 0.769. The molecule has 5 rings (SSSR count). The molecule has 4 aliphatic carbocycles. The molecule has 4 bridgehead atoms. The highest BCUT2D eigenvalue weighted by Gasteiger charge is 2.61. The molecule has 86 valence electrons. The molecule has 3 heteroatoms. The number of hydrogen-bond acceptors (Lipinski definition) is 2.